The number of hydrogen-bond donors (Lipinski definition) is 6. The summed E-state index contributed by atoms with van der Waals surface area (Å²) in [6.45, 7) is 3.09. The first-order valence-electron chi connectivity index (χ1n) is 11.6. The van der Waals surface area contributed by atoms with Gasteiger partial charge in [0, 0.05) is 17.4 Å². The van der Waals surface area contributed by atoms with E-state index in [-0.39, 0.29) is 17.1 Å². The van der Waals surface area contributed by atoms with Gasteiger partial charge in [-0.05, 0) is 90.2 Å². The largest absolute Gasteiger partial charge is 0.399 e. The zero-order valence-corrected chi connectivity index (χ0v) is 23.4. The Morgan fingerprint density at radius 3 is 1.44 bits per heavy atom. The molecular formula is C26H27N5O8S2. The highest BCUT2D eigenvalue weighted by Gasteiger charge is 2.21. The minimum absolute atomic E-state index is 0.00484. The molecule has 41 heavy (non-hydrogen) atoms. The molecule has 0 radical (unpaired) electrons. The summed E-state index contributed by atoms with van der Waals surface area (Å²) in [7, 11) is -9.12. The second kappa shape index (κ2) is 11.4. The van der Waals surface area contributed by atoms with E-state index < -0.39 is 35.0 Å². The van der Waals surface area contributed by atoms with E-state index in [1.165, 1.54) is 18.2 Å². The van der Waals surface area contributed by atoms with Crippen LogP contribution >= 0.6 is 0 Å². The van der Waals surface area contributed by atoms with E-state index in [4.69, 9.17) is 22.9 Å². The molecular weight excluding hydrogens is 574 g/mol. The maximum absolute atomic E-state index is 11.5. The molecule has 4 aromatic rings. The van der Waals surface area contributed by atoms with Crippen molar-refractivity contribution in [3.8, 4) is 22.3 Å². The van der Waals surface area contributed by atoms with Crippen LogP contribution in [0.3, 0.4) is 0 Å². The van der Waals surface area contributed by atoms with Crippen LogP contribution in [0.4, 0.5) is 28.4 Å². The number of rotatable bonds is 5. The Labute approximate surface area is 236 Å². The highest BCUT2D eigenvalue weighted by Crippen LogP contribution is 2.34. The van der Waals surface area contributed by atoms with Crippen LogP contribution in [0.5, 0.6) is 0 Å². The Kier molecular flexibility index (Phi) is 8.59. The number of aryl methyl sites for hydroxylation is 2. The van der Waals surface area contributed by atoms with Crippen molar-refractivity contribution in [1.29, 1.82) is 0 Å². The number of anilines is 4. The van der Waals surface area contributed by atoms with Gasteiger partial charge in [0.15, 0.2) is 0 Å². The summed E-state index contributed by atoms with van der Waals surface area (Å²) in [5.41, 5.74) is 25.8. The molecule has 0 saturated heterocycles. The van der Waals surface area contributed by atoms with Crippen molar-refractivity contribution in [2.45, 2.75) is 23.6 Å². The van der Waals surface area contributed by atoms with Crippen LogP contribution < -0.4 is 22.9 Å². The third-order valence-electron chi connectivity index (χ3n) is 6.03. The third-order valence-corrected chi connectivity index (χ3v) is 7.81. The highest BCUT2D eigenvalue weighted by atomic mass is 32.2. The monoisotopic (exact) mass is 601 g/mol. The van der Waals surface area contributed by atoms with E-state index in [2.05, 4.69) is 0 Å². The molecule has 0 aliphatic heterocycles. The zero-order chi connectivity index (χ0) is 30.9. The average Bonchev–Trinajstić information content (AvgIpc) is 2.86. The summed E-state index contributed by atoms with van der Waals surface area (Å²) in [5.74, 6) is 0. The summed E-state index contributed by atoms with van der Waals surface area (Å²) in [6.07, 6.45) is 0. The van der Waals surface area contributed by atoms with Crippen LogP contribution in [-0.2, 0) is 20.2 Å². The SMILES string of the molecule is Cc1cc(-c2cc(C)c(N)c(S(=O)(=O)O)c2)cc(S(=O)(=O)O)c1N.Nc1ccc(-c2ccc(N)cc2[N+](=O)[O-])cc1. The molecule has 0 unspecified atom stereocenters. The molecule has 0 heterocycles. The third kappa shape index (κ3) is 7.09. The van der Waals surface area contributed by atoms with Crippen molar-refractivity contribution in [1.82, 2.24) is 0 Å². The van der Waals surface area contributed by atoms with Gasteiger partial charge < -0.3 is 22.9 Å². The molecule has 0 aromatic heterocycles. The molecule has 0 saturated carbocycles. The van der Waals surface area contributed by atoms with Gasteiger partial charge in [-0.15, -0.1) is 0 Å². The van der Waals surface area contributed by atoms with E-state index in [0.717, 1.165) is 17.7 Å². The molecule has 15 heteroatoms. The van der Waals surface area contributed by atoms with Gasteiger partial charge in [-0.3, -0.25) is 19.2 Å². The molecule has 0 aliphatic rings. The predicted molar refractivity (Wildman–Crippen MR) is 157 cm³/mol. The molecule has 0 bridgehead atoms. The standard InChI is InChI=1S/C14H16N2O6S2.C12H11N3O2/c1-7-3-9(5-11(13(7)15)23(17,18)19)10-4-8(2)14(16)12(6-10)24(20,21)22;13-9-3-1-8(2-4-9)11-6-5-10(14)7-12(11)15(16)17/h3-6H,15-16H2,1-2H3,(H,17,18,19)(H,20,21,22);1-7H,13-14H2. The Morgan fingerprint density at radius 2 is 1.05 bits per heavy atom. The minimum atomic E-state index is -4.56. The van der Waals surface area contributed by atoms with E-state index in [1.54, 1.807) is 50.2 Å². The van der Waals surface area contributed by atoms with Gasteiger partial charge in [0.1, 0.15) is 9.79 Å². The summed E-state index contributed by atoms with van der Waals surface area (Å²) in [6, 6.07) is 16.8. The first-order valence-corrected chi connectivity index (χ1v) is 14.4. The molecule has 216 valence electrons. The summed E-state index contributed by atoms with van der Waals surface area (Å²) < 4.78 is 64.4. The smallest absolute Gasteiger partial charge is 0.296 e. The van der Waals surface area contributed by atoms with Crippen molar-refractivity contribution >= 4 is 48.7 Å². The minimum Gasteiger partial charge on any atom is -0.399 e. The molecule has 4 rings (SSSR count). The average molecular weight is 602 g/mol. The maximum Gasteiger partial charge on any atom is 0.296 e. The summed E-state index contributed by atoms with van der Waals surface area (Å²) >= 11 is 0. The lowest BCUT2D eigenvalue weighted by molar-refractivity contribution is -0.384. The van der Waals surface area contributed by atoms with E-state index in [0.29, 0.717) is 39.2 Å². The Morgan fingerprint density at radius 1 is 0.634 bits per heavy atom. The van der Waals surface area contributed by atoms with Crippen molar-refractivity contribution in [2.24, 2.45) is 0 Å². The Hall–Kier alpha value is -4.70. The van der Waals surface area contributed by atoms with Gasteiger partial charge in [0.05, 0.1) is 21.9 Å². The van der Waals surface area contributed by atoms with Gasteiger partial charge in [0.25, 0.3) is 25.9 Å². The van der Waals surface area contributed by atoms with E-state index >= 15 is 0 Å². The lowest BCUT2D eigenvalue weighted by Gasteiger charge is -2.13. The predicted octanol–water partition coefficient (Wildman–Crippen LogP) is 4.05. The molecule has 0 aliphatic carbocycles. The van der Waals surface area contributed by atoms with Crippen LogP contribution in [0.1, 0.15) is 11.1 Å². The number of nitrogens with zero attached hydrogens (tertiary/aromatic N) is 1. The quantitative estimate of drug-likeness (QED) is 0.0819. The van der Waals surface area contributed by atoms with Crippen LogP contribution in [0.25, 0.3) is 22.3 Å². The van der Waals surface area contributed by atoms with Crippen LogP contribution in [0.2, 0.25) is 0 Å². The normalized spacial score (nSPS) is 11.4. The fourth-order valence-electron chi connectivity index (χ4n) is 3.90. The lowest BCUT2D eigenvalue weighted by atomic mass is 10.00. The number of nitrogen functional groups attached to an aromatic ring is 4. The number of benzene rings is 4. The highest BCUT2D eigenvalue weighted by molar-refractivity contribution is 7.86. The molecule has 4 aromatic carbocycles. The van der Waals surface area contributed by atoms with Gasteiger partial charge in [0.2, 0.25) is 0 Å². The Bertz CT molecular complexity index is 1790. The van der Waals surface area contributed by atoms with Crippen molar-refractivity contribution in [2.75, 3.05) is 22.9 Å². The van der Waals surface area contributed by atoms with E-state index in [1.807, 2.05) is 0 Å². The lowest BCUT2D eigenvalue weighted by Crippen LogP contribution is -2.07. The summed E-state index contributed by atoms with van der Waals surface area (Å²) in [5, 5.41) is 10.9. The summed E-state index contributed by atoms with van der Waals surface area (Å²) in [4.78, 5) is 9.53. The fourth-order valence-corrected chi connectivity index (χ4v) is 5.33. The van der Waals surface area contributed by atoms with Crippen molar-refractivity contribution in [3.63, 3.8) is 0 Å². The topological polar surface area (TPSA) is 256 Å². The van der Waals surface area contributed by atoms with E-state index in [9.17, 15) is 36.1 Å². The molecule has 0 fully saturated rings. The van der Waals surface area contributed by atoms with Crippen LogP contribution in [0.15, 0.2) is 76.5 Å². The van der Waals surface area contributed by atoms with Crippen molar-refractivity contribution in [3.05, 3.63) is 88.0 Å². The number of hydrogen-bond acceptors (Lipinski definition) is 10. The molecule has 0 amide bonds. The second-order valence-corrected chi connectivity index (χ2v) is 11.8. The van der Waals surface area contributed by atoms with Gasteiger partial charge in [-0.25, -0.2) is 0 Å². The second-order valence-electron chi connectivity index (χ2n) is 9.02. The first-order chi connectivity index (χ1) is 18.9. The van der Waals surface area contributed by atoms with Crippen molar-refractivity contribution < 1.29 is 30.9 Å². The van der Waals surface area contributed by atoms with Crippen LogP contribution in [0, 0.1) is 24.0 Å². The number of nitro groups is 1. The number of nitrogens with two attached hydrogens (primary N) is 4. The Balaban J connectivity index is 0.000000239. The zero-order valence-electron chi connectivity index (χ0n) is 21.8. The number of nitro benzene ring substituents is 1. The molecule has 10 N–H and O–H groups in total. The molecule has 0 atom stereocenters. The maximum atomic E-state index is 11.5. The van der Waals surface area contributed by atoms with Gasteiger partial charge in [-0.2, -0.15) is 16.8 Å². The molecule has 0 spiro atoms. The fraction of sp³-hybridized carbons (Fsp3) is 0.0769. The van der Waals surface area contributed by atoms with Gasteiger partial charge in [-0.1, -0.05) is 12.1 Å². The van der Waals surface area contributed by atoms with Gasteiger partial charge >= 0.3 is 0 Å². The molecule has 13 nitrogen and oxygen atoms in total. The first kappa shape index (κ1) is 30.8. The van der Waals surface area contributed by atoms with Crippen LogP contribution in [-0.4, -0.2) is 30.9 Å².